The van der Waals surface area contributed by atoms with Crippen LogP contribution in [-0.2, 0) is 0 Å². The van der Waals surface area contributed by atoms with E-state index in [1.807, 2.05) is 4.90 Å². The number of benzene rings is 1. The van der Waals surface area contributed by atoms with Crippen LogP contribution >= 0.6 is 23.1 Å². The molecule has 0 bridgehead atoms. The Balaban J connectivity index is 1.66. The molecule has 0 unspecified atom stereocenters. The molecule has 1 saturated heterocycles. The van der Waals surface area contributed by atoms with Crippen molar-refractivity contribution in [3.8, 4) is 11.8 Å². The zero-order chi connectivity index (χ0) is 17.1. The number of ether oxygens (including phenoxy) is 1. The molecular weight excluding hydrogens is 348 g/mol. The van der Waals surface area contributed by atoms with Crippen LogP contribution in [0.5, 0.6) is 5.75 Å². The zero-order valence-corrected chi connectivity index (χ0v) is 14.6. The van der Waals surface area contributed by atoms with Crippen molar-refractivity contribution in [3.05, 3.63) is 40.5 Å². The first-order valence-corrected chi connectivity index (χ1v) is 8.52. The number of carbonyl (C=O) groups is 1. The van der Waals surface area contributed by atoms with Crippen molar-refractivity contribution in [2.24, 2.45) is 0 Å². The van der Waals surface area contributed by atoms with Gasteiger partial charge in [0, 0.05) is 31.7 Å². The summed E-state index contributed by atoms with van der Waals surface area (Å²) in [6.07, 6.45) is 0. The van der Waals surface area contributed by atoms with Crippen molar-refractivity contribution < 1.29 is 9.53 Å². The topological polar surface area (TPSA) is 69.5 Å². The average Bonchev–Trinajstić information content (AvgIpc) is 3.02. The monoisotopic (exact) mass is 362 g/mol. The first-order valence-electron chi connectivity index (χ1n) is 7.37. The van der Waals surface area contributed by atoms with E-state index in [-0.39, 0.29) is 11.1 Å². The molecule has 124 valence electrons. The fourth-order valence-electron chi connectivity index (χ4n) is 2.60. The summed E-state index contributed by atoms with van der Waals surface area (Å²) in [6, 6.07) is 9.19. The third-order valence-corrected chi connectivity index (χ3v) is 5.22. The summed E-state index contributed by atoms with van der Waals surface area (Å²) in [6.45, 7) is 2.47. The summed E-state index contributed by atoms with van der Waals surface area (Å²) in [4.78, 5) is 16.4. The van der Waals surface area contributed by atoms with E-state index in [0.717, 1.165) is 10.8 Å². The Kier molecular flexibility index (Phi) is 4.88. The number of amides is 1. The molecule has 0 atom stereocenters. The van der Waals surface area contributed by atoms with Crippen LogP contribution in [0.15, 0.2) is 24.3 Å². The standard InChI is InChI=1S/C16H15ClN4O2S/c1-23-12-4-2-11(3-5-12)15(22)20-6-8-21(9-7-20)16-13(10-18)14(17)19-24-16/h2-5H,6-9H2,1H3. The summed E-state index contributed by atoms with van der Waals surface area (Å²) in [7, 11) is 1.59. The van der Waals surface area contributed by atoms with Gasteiger partial charge >= 0.3 is 0 Å². The lowest BCUT2D eigenvalue weighted by atomic mass is 10.1. The second-order valence-corrected chi connectivity index (χ2v) is 6.38. The molecule has 0 radical (unpaired) electrons. The van der Waals surface area contributed by atoms with Gasteiger partial charge in [-0.05, 0) is 35.8 Å². The van der Waals surface area contributed by atoms with Gasteiger partial charge in [-0.1, -0.05) is 11.6 Å². The van der Waals surface area contributed by atoms with Gasteiger partial charge in [0.25, 0.3) is 5.91 Å². The Morgan fingerprint density at radius 3 is 2.54 bits per heavy atom. The summed E-state index contributed by atoms with van der Waals surface area (Å²) in [5.74, 6) is 0.725. The number of piperazine rings is 1. The predicted octanol–water partition coefficient (Wildman–Crippen LogP) is 2.64. The van der Waals surface area contributed by atoms with Crippen LogP contribution in [0.2, 0.25) is 5.15 Å². The average molecular weight is 363 g/mol. The SMILES string of the molecule is COc1ccc(C(=O)N2CCN(c3snc(Cl)c3C#N)CC2)cc1. The van der Waals surface area contributed by atoms with Crippen LogP contribution in [0.25, 0.3) is 0 Å². The molecule has 24 heavy (non-hydrogen) atoms. The second kappa shape index (κ2) is 7.07. The van der Waals surface area contributed by atoms with Gasteiger partial charge in [-0.3, -0.25) is 4.79 Å². The number of anilines is 1. The molecule has 8 heteroatoms. The molecule has 0 N–H and O–H groups in total. The molecule has 2 aromatic rings. The number of nitrogens with zero attached hydrogens (tertiary/aromatic N) is 4. The van der Waals surface area contributed by atoms with E-state index in [1.165, 1.54) is 11.5 Å². The summed E-state index contributed by atoms with van der Waals surface area (Å²) < 4.78 is 9.14. The first kappa shape index (κ1) is 16.6. The van der Waals surface area contributed by atoms with Crippen molar-refractivity contribution in [2.45, 2.75) is 0 Å². The molecule has 1 amide bonds. The number of nitriles is 1. The molecule has 0 spiro atoms. The quantitative estimate of drug-likeness (QED) is 0.839. The summed E-state index contributed by atoms with van der Waals surface area (Å²) in [5.41, 5.74) is 1.05. The second-order valence-electron chi connectivity index (χ2n) is 5.27. The minimum atomic E-state index is 0.000136. The number of aromatic nitrogens is 1. The first-order chi connectivity index (χ1) is 11.6. The highest BCUT2D eigenvalue weighted by Gasteiger charge is 2.25. The lowest BCUT2D eigenvalue weighted by molar-refractivity contribution is 0.0747. The number of rotatable bonds is 3. The van der Waals surface area contributed by atoms with E-state index >= 15 is 0 Å². The minimum absolute atomic E-state index is 0.000136. The minimum Gasteiger partial charge on any atom is -0.497 e. The molecule has 6 nitrogen and oxygen atoms in total. The van der Waals surface area contributed by atoms with Crippen LogP contribution in [0.4, 0.5) is 5.00 Å². The molecule has 0 saturated carbocycles. The number of carbonyl (C=O) groups excluding carboxylic acids is 1. The van der Waals surface area contributed by atoms with Crippen molar-refractivity contribution in [2.75, 3.05) is 38.2 Å². The molecular formula is C16H15ClN4O2S. The number of halogens is 1. The van der Waals surface area contributed by atoms with Gasteiger partial charge in [0.15, 0.2) is 5.15 Å². The van der Waals surface area contributed by atoms with E-state index in [1.54, 1.807) is 31.4 Å². The zero-order valence-electron chi connectivity index (χ0n) is 13.0. The van der Waals surface area contributed by atoms with E-state index in [2.05, 4.69) is 15.3 Å². The Morgan fingerprint density at radius 2 is 1.96 bits per heavy atom. The van der Waals surface area contributed by atoms with E-state index in [4.69, 9.17) is 16.3 Å². The van der Waals surface area contributed by atoms with Gasteiger partial charge in [-0.25, -0.2) is 0 Å². The molecule has 2 heterocycles. The maximum Gasteiger partial charge on any atom is 0.253 e. The Bertz CT molecular complexity index is 776. The molecule has 1 aliphatic rings. The molecule has 3 rings (SSSR count). The molecule has 1 aromatic heterocycles. The lowest BCUT2D eigenvalue weighted by Crippen LogP contribution is -2.48. The number of hydrogen-bond donors (Lipinski definition) is 0. The van der Waals surface area contributed by atoms with Gasteiger partial charge in [0.1, 0.15) is 22.4 Å². The molecule has 0 aliphatic carbocycles. The fraction of sp³-hybridized carbons (Fsp3) is 0.312. The maximum atomic E-state index is 12.6. The molecule has 1 aliphatic heterocycles. The Labute approximate surface area is 149 Å². The highest BCUT2D eigenvalue weighted by atomic mass is 35.5. The number of methoxy groups -OCH3 is 1. The van der Waals surface area contributed by atoms with E-state index in [9.17, 15) is 10.1 Å². The maximum absolute atomic E-state index is 12.6. The van der Waals surface area contributed by atoms with Crippen LogP contribution in [-0.4, -0.2) is 48.5 Å². The largest absolute Gasteiger partial charge is 0.497 e. The van der Waals surface area contributed by atoms with Crippen molar-refractivity contribution in [3.63, 3.8) is 0 Å². The van der Waals surface area contributed by atoms with E-state index in [0.29, 0.717) is 37.3 Å². The molecule has 1 aromatic carbocycles. The van der Waals surface area contributed by atoms with Gasteiger partial charge in [0.2, 0.25) is 0 Å². The number of hydrogen-bond acceptors (Lipinski definition) is 6. The van der Waals surface area contributed by atoms with Crippen LogP contribution in [0, 0.1) is 11.3 Å². The highest BCUT2D eigenvalue weighted by molar-refractivity contribution is 7.10. The van der Waals surface area contributed by atoms with Crippen LogP contribution in [0.3, 0.4) is 0 Å². The van der Waals surface area contributed by atoms with Crippen LogP contribution in [0.1, 0.15) is 15.9 Å². The van der Waals surface area contributed by atoms with Gasteiger partial charge < -0.3 is 14.5 Å². The van der Waals surface area contributed by atoms with Gasteiger partial charge in [-0.15, -0.1) is 0 Å². The van der Waals surface area contributed by atoms with Crippen molar-refractivity contribution >= 4 is 34.0 Å². The Morgan fingerprint density at radius 1 is 1.29 bits per heavy atom. The highest BCUT2D eigenvalue weighted by Crippen LogP contribution is 2.31. The van der Waals surface area contributed by atoms with E-state index < -0.39 is 0 Å². The van der Waals surface area contributed by atoms with Crippen molar-refractivity contribution in [1.29, 1.82) is 5.26 Å². The Hall–Kier alpha value is -2.30. The van der Waals surface area contributed by atoms with Crippen LogP contribution < -0.4 is 9.64 Å². The summed E-state index contributed by atoms with van der Waals surface area (Å²) >= 11 is 7.15. The summed E-state index contributed by atoms with van der Waals surface area (Å²) in [5, 5.41) is 10.2. The van der Waals surface area contributed by atoms with Gasteiger partial charge in [0.05, 0.1) is 7.11 Å². The third kappa shape index (κ3) is 3.16. The van der Waals surface area contributed by atoms with Crippen molar-refractivity contribution in [1.82, 2.24) is 9.27 Å². The van der Waals surface area contributed by atoms with Gasteiger partial charge in [-0.2, -0.15) is 9.64 Å². The lowest BCUT2D eigenvalue weighted by Gasteiger charge is -2.35. The third-order valence-electron chi connectivity index (χ3n) is 3.94. The molecule has 1 fully saturated rings. The smallest absolute Gasteiger partial charge is 0.253 e. The predicted molar refractivity (Wildman–Crippen MR) is 92.9 cm³/mol. The normalized spacial score (nSPS) is 14.4. The fourth-order valence-corrected chi connectivity index (χ4v) is 3.68.